The Hall–Kier alpha value is -1.29. The molecule has 19 heavy (non-hydrogen) atoms. The molecule has 0 bridgehead atoms. The molecule has 0 saturated carbocycles. The van der Waals surface area contributed by atoms with E-state index >= 15 is 0 Å². The molecule has 2 atom stereocenters. The van der Waals surface area contributed by atoms with Crippen molar-refractivity contribution >= 4 is 0 Å². The van der Waals surface area contributed by atoms with Gasteiger partial charge < -0.3 is 5.32 Å². The van der Waals surface area contributed by atoms with Gasteiger partial charge in [-0.1, -0.05) is 42.5 Å². The molecule has 0 aromatic heterocycles. The highest BCUT2D eigenvalue weighted by Crippen LogP contribution is 2.33. The van der Waals surface area contributed by atoms with Crippen molar-refractivity contribution in [3.63, 3.8) is 0 Å². The van der Waals surface area contributed by atoms with Crippen molar-refractivity contribution in [2.75, 3.05) is 6.54 Å². The number of nitrogens with one attached hydrogen (secondary N) is 1. The van der Waals surface area contributed by atoms with Crippen LogP contribution in [0.3, 0.4) is 0 Å². The SMILES string of the molecule is FC(F)(F)C(NCC1CC=CCC1)c1ccccc1. The third-order valence-corrected chi connectivity index (χ3v) is 3.45. The zero-order valence-corrected chi connectivity index (χ0v) is 10.7. The van der Waals surface area contributed by atoms with E-state index in [1.54, 1.807) is 18.2 Å². The van der Waals surface area contributed by atoms with E-state index < -0.39 is 12.2 Å². The average Bonchev–Trinajstić information content (AvgIpc) is 2.40. The molecule has 104 valence electrons. The fourth-order valence-corrected chi connectivity index (χ4v) is 2.39. The maximum absolute atomic E-state index is 13.1. The van der Waals surface area contributed by atoms with Gasteiger partial charge in [0, 0.05) is 0 Å². The molecule has 0 aliphatic heterocycles. The first-order valence-electron chi connectivity index (χ1n) is 6.57. The molecule has 4 heteroatoms. The minimum atomic E-state index is -4.26. The summed E-state index contributed by atoms with van der Waals surface area (Å²) in [7, 11) is 0. The zero-order valence-electron chi connectivity index (χ0n) is 10.7. The van der Waals surface area contributed by atoms with E-state index in [9.17, 15) is 13.2 Å². The van der Waals surface area contributed by atoms with E-state index in [1.165, 1.54) is 12.1 Å². The minimum absolute atomic E-state index is 0.279. The van der Waals surface area contributed by atoms with Crippen molar-refractivity contribution in [3.8, 4) is 0 Å². The summed E-state index contributed by atoms with van der Waals surface area (Å²) in [5, 5.41) is 2.69. The highest BCUT2D eigenvalue weighted by Gasteiger charge is 2.40. The Labute approximate surface area is 111 Å². The maximum atomic E-state index is 13.1. The van der Waals surface area contributed by atoms with Gasteiger partial charge in [0.05, 0.1) is 0 Å². The van der Waals surface area contributed by atoms with Crippen LogP contribution in [-0.2, 0) is 0 Å². The Morgan fingerprint density at radius 1 is 1.16 bits per heavy atom. The predicted octanol–water partition coefficient (Wildman–Crippen LogP) is 4.24. The Balaban J connectivity index is 2.01. The summed E-state index contributed by atoms with van der Waals surface area (Å²) in [4.78, 5) is 0. The molecule has 1 aromatic rings. The van der Waals surface area contributed by atoms with Gasteiger partial charge in [0.2, 0.25) is 0 Å². The maximum Gasteiger partial charge on any atom is 0.407 e. The van der Waals surface area contributed by atoms with E-state index in [1.807, 2.05) is 0 Å². The second-order valence-electron chi connectivity index (χ2n) is 4.94. The second kappa shape index (κ2) is 6.24. The highest BCUT2D eigenvalue weighted by atomic mass is 19.4. The Kier molecular flexibility index (Phi) is 4.64. The van der Waals surface area contributed by atoms with Crippen LogP contribution in [0, 0.1) is 5.92 Å². The fraction of sp³-hybridized carbons (Fsp3) is 0.467. The summed E-state index contributed by atoms with van der Waals surface area (Å²) in [6, 6.07) is 6.47. The molecule has 1 aromatic carbocycles. The van der Waals surface area contributed by atoms with Gasteiger partial charge in [-0.05, 0) is 37.3 Å². The molecule has 1 aliphatic carbocycles. The zero-order chi connectivity index (χ0) is 13.7. The molecule has 1 aliphatic rings. The van der Waals surface area contributed by atoms with Crippen LogP contribution in [0.1, 0.15) is 30.9 Å². The molecule has 0 saturated heterocycles. The number of rotatable bonds is 4. The lowest BCUT2D eigenvalue weighted by Crippen LogP contribution is -2.37. The van der Waals surface area contributed by atoms with Crippen molar-refractivity contribution in [3.05, 3.63) is 48.0 Å². The summed E-state index contributed by atoms with van der Waals surface area (Å²) in [5.41, 5.74) is 0.279. The van der Waals surface area contributed by atoms with Gasteiger partial charge in [0.15, 0.2) is 0 Å². The summed E-state index contributed by atoms with van der Waals surface area (Å²) in [5.74, 6) is 0.304. The van der Waals surface area contributed by atoms with E-state index in [4.69, 9.17) is 0 Å². The molecule has 0 radical (unpaired) electrons. The summed E-state index contributed by atoms with van der Waals surface area (Å²) < 4.78 is 39.3. The van der Waals surface area contributed by atoms with Crippen LogP contribution < -0.4 is 5.32 Å². The van der Waals surface area contributed by atoms with E-state index in [0.29, 0.717) is 12.5 Å². The lowest BCUT2D eigenvalue weighted by Gasteiger charge is -2.25. The molecule has 0 fully saturated rings. The van der Waals surface area contributed by atoms with Crippen LogP contribution in [0.5, 0.6) is 0 Å². The quantitative estimate of drug-likeness (QED) is 0.806. The van der Waals surface area contributed by atoms with E-state index in [2.05, 4.69) is 17.5 Å². The molecule has 1 nitrogen and oxygen atoms in total. The van der Waals surface area contributed by atoms with Gasteiger partial charge in [-0.3, -0.25) is 0 Å². The van der Waals surface area contributed by atoms with E-state index in [-0.39, 0.29) is 5.56 Å². The number of halogens is 3. The van der Waals surface area contributed by atoms with Crippen LogP contribution >= 0.6 is 0 Å². The van der Waals surface area contributed by atoms with Crippen LogP contribution in [-0.4, -0.2) is 12.7 Å². The molecule has 2 rings (SSSR count). The van der Waals surface area contributed by atoms with Gasteiger partial charge in [-0.25, -0.2) is 0 Å². The summed E-state index contributed by atoms with van der Waals surface area (Å²) >= 11 is 0. The average molecular weight is 269 g/mol. The third-order valence-electron chi connectivity index (χ3n) is 3.45. The Morgan fingerprint density at radius 2 is 1.89 bits per heavy atom. The number of hydrogen-bond donors (Lipinski definition) is 1. The van der Waals surface area contributed by atoms with Gasteiger partial charge >= 0.3 is 6.18 Å². The monoisotopic (exact) mass is 269 g/mol. The van der Waals surface area contributed by atoms with Crippen molar-refractivity contribution < 1.29 is 13.2 Å². The smallest absolute Gasteiger partial charge is 0.302 e. The molecular formula is C15H18F3N. The van der Waals surface area contributed by atoms with Gasteiger partial charge in [0.25, 0.3) is 0 Å². The highest BCUT2D eigenvalue weighted by molar-refractivity contribution is 5.20. The second-order valence-corrected chi connectivity index (χ2v) is 4.94. The predicted molar refractivity (Wildman–Crippen MR) is 69.7 cm³/mol. The third kappa shape index (κ3) is 4.10. The number of alkyl halides is 3. The number of benzene rings is 1. The lowest BCUT2D eigenvalue weighted by molar-refractivity contribution is -0.158. The number of hydrogen-bond acceptors (Lipinski definition) is 1. The van der Waals surface area contributed by atoms with Crippen molar-refractivity contribution in [2.45, 2.75) is 31.5 Å². The van der Waals surface area contributed by atoms with Crippen molar-refractivity contribution in [1.29, 1.82) is 0 Å². The first-order chi connectivity index (χ1) is 9.07. The van der Waals surface area contributed by atoms with Crippen LogP contribution in [0.15, 0.2) is 42.5 Å². The molecule has 0 heterocycles. The fourth-order valence-electron chi connectivity index (χ4n) is 2.39. The van der Waals surface area contributed by atoms with E-state index in [0.717, 1.165) is 19.3 Å². The standard InChI is InChI=1S/C15H18F3N/c16-15(17,18)14(13-9-5-2-6-10-13)19-11-12-7-3-1-4-8-12/h1-3,5-6,9-10,12,14,19H,4,7-8,11H2. The normalized spacial score (nSPS) is 21.3. The summed E-state index contributed by atoms with van der Waals surface area (Å²) in [6.07, 6.45) is 2.69. The molecule has 0 spiro atoms. The Morgan fingerprint density at radius 3 is 2.47 bits per heavy atom. The summed E-state index contributed by atoms with van der Waals surface area (Å²) in [6.45, 7) is 0.406. The van der Waals surface area contributed by atoms with Gasteiger partial charge in [-0.15, -0.1) is 0 Å². The Bertz CT molecular complexity index is 411. The van der Waals surface area contributed by atoms with Gasteiger partial charge in [0.1, 0.15) is 6.04 Å². The largest absolute Gasteiger partial charge is 0.407 e. The molecule has 0 amide bonds. The van der Waals surface area contributed by atoms with Crippen LogP contribution in [0.4, 0.5) is 13.2 Å². The minimum Gasteiger partial charge on any atom is -0.302 e. The van der Waals surface area contributed by atoms with Crippen LogP contribution in [0.25, 0.3) is 0 Å². The molecular weight excluding hydrogens is 251 g/mol. The topological polar surface area (TPSA) is 12.0 Å². The molecule has 1 N–H and O–H groups in total. The lowest BCUT2D eigenvalue weighted by atomic mass is 9.94. The van der Waals surface area contributed by atoms with Crippen LogP contribution in [0.2, 0.25) is 0 Å². The molecule has 2 unspecified atom stereocenters. The first-order valence-corrected chi connectivity index (χ1v) is 6.57. The van der Waals surface area contributed by atoms with Crippen molar-refractivity contribution in [2.24, 2.45) is 5.92 Å². The van der Waals surface area contributed by atoms with Gasteiger partial charge in [-0.2, -0.15) is 13.2 Å². The van der Waals surface area contributed by atoms with Crippen molar-refractivity contribution in [1.82, 2.24) is 5.32 Å². The first kappa shape index (κ1) is 14.1. The number of allylic oxidation sites excluding steroid dienone is 2.